The Kier molecular flexibility index (Phi) is 18.5. The molecule has 1 aliphatic heterocycles. The molecule has 0 aliphatic carbocycles. The van der Waals surface area contributed by atoms with E-state index in [1.807, 2.05) is 0 Å². The number of cyclic esters (lactones) is 2. The Morgan fingerprint density at radius 2 is 1.38 bits per heavy atom. The molecule has 0 atom stereocenters. The van der Waals surface area contributed by atoms with Crippen molar-refractivity contribution in [2.75, 3.05) is 0 Å². The quantitative estimate of drug-likeness (QED) is 0.363. The molecule has 1 heterocycles. The molecule has 0 N–H and O–H groups in total. The molecule has 0 aromatic rings. The molecule has 1 saturated heterocycles. The van der Waals surface area contributed by atoms with Gasteiger partial charge in [-0.2, -0.15) is 6.42 Å². The minimum absolute atomic E-state index is 0. The summed E-state index contributed by atoms with van der Waals surface area (Å²) < 4.78 is 3.81. The first kappa shape index (κ1) is 19.2. The smallest absolute Gasteiger partial charge is 0.185 e. The number of carbonyl (C=O) groups excluding carboxylic acids is 4. The Bertz CT molecular complexity index is 163. The summed E-state index contributed by atoms with van der Waals surface area (Å²) in [6.45, 7) is 0. The molecule has 0 unspecified atom stereocenters. The minimum Gasteiger partial charge on any atom is -0.544 e. The second-order valence-corrected chi connectivity index (χ2v) is 1.35. The fourth-order valence-electron chi connectivity index (χ4n) is 0.226. The van der Waals surface area contributed by atoms with E-state index in [0.717, 1.165) is 6.42 Å². The van der Waals surface area contributed by atoms with Gasteiger partial charge in [0, 0.05) is 65.4 Å². The zero-order chi connectivity index (χ0) is 8.69. The van der Waals surface area contributed by atoms with Gasteiger partial charge in [0.25, 0.3) is 0 Å². The van der Waals surface area contributed by atoms with Crippen LogP contribution in [0.15, 0.2) is 0 Å². The van der Waals surface area contributed by atoms with Crippen molar-refractivity contribution in [3.05, 3.63) is 6.42 Å². The number of hydrogen-bond donors (Lipinski definition) is 0. The van der Waals surface area contributed by atoms with Crippen molar-refractivity contribution in [1.82, 2.24) is 0 Å². The minimum atomic E-state index is -0.542. The van der Waals surface area contributed by atoms with Gasteiger partial charge in [-0.15, -0.1) is 0 Å². The van der Waals surface area contributed by atoms with Crippen LogP contribution < -0.4 is 0 Å². The SMILES string of the molecule is O=C1[CH-]C(=O)O1.O=[C-]C[C-]=O.[Y].[Y]. The maximum atomic E-state index is 9.61. The van der Waals surface area contributed by atoms with Crippen molar-refractivity contribution in [3.63, 3.8) is 0 Å². The van der Waals surface area contributed by atoms with E-state index in [0.29, 0.717) is 0 Å². The largest absolute Gasteiger partial charge is 0.544 e. The fourth-order valence-corrected chi connectivity index (χ4v) is 0.226. The van der Waals surface area contributed by atoms with Crippen LogP contribution in [0.1, 0.15) is 6.42 Å². The van der Waals surface area contributed by atoms with Crippen molar-refractivity contribution in [2.24, 2.45) is 0 Å². The molecule has 0 amide bonds. The number of hydrogen-bond acceptors (Lipinski definition) is 5. The van der Waals surface area contributed by atoms with Crippen LogP contribution in [0.4, 0.5) is 0 Å². The third-order valence-electron chi connectivity index (χ3n) is 0.581. The summed E-state index contributed by atoms with van der Waals surface area (Å²) >= 11 is 0. The molecule has 5 nitrogen and oxygen atoms in total. The van der Waals surface area contributed by atoms with Crippen LogP contribution in [0.2, 0.25) is 0 Å². The summed E-state index contributed by atoms with van der Waals surface area (Å²) in [5, 5.41) is 0. The predicted octanol–water partition coefficient (Wildman–Crippen LogP) is -1.14. The molecule has 0 aromatic carbocycles. The van der Waals surface area contributed by atoms with Crippen molar-refractivity contribution < 1.29 is 89.3 Å². The topological polar surface area (TPSA) is 77.5 Å². The first-order valence-electron chi connectivity index (χ1n) is 2.51. The molecule has 66 valence electrons. The summed E-state index contributed by atoms with van der Waals surface area (Å²) in [6.07, 6.45) is 3.35. The van der Waals surface area contributed by atoms with Crippen LogP contribution in [-0.4, -0.2) is 24.5 Å². The summed E-state index contributed by atoms with van der Waals surface area (Å²) in [5.74, 6) is -1.08. The van der Waals surface area contributed by atoms with Crippen LogP contribution >= 0.6 is 0 Å². The number of esters is 2. The number of rotatable bonds is 2. The van der Waals surface area contributed by atoms with Crippen molar-refractivity contribution >= 4 is 24.5 Å². The van der Waals surface area contributed by atoms with Gasteiger partial charge < -0.3 is 14.3 Å². The molecule has 0 spiro atoms. The Morgan fingerprint density at radius 3 is 1.38 bits per heavy atom. The van der Waals surface area contributed by atoms with Crippen LogP contribution in [0.25, 0.3) is 0 Å². The summed E-state index contributed by atoms with van der Waals surface area (Å²) in [7, 11) is 0. The zero-order valence-corrected chi connectivity index (χ0v) is 12.2. The zero-order valence-electron chi connectivity index (χ0n) is 6.48. The Hall–Kier alpha value is 0.558. The summed E-state index contributed by atoms with van der Waals surface area (Å²) in [5.41, 5.74) is 0. The maximum Gasteiger partial charge on any atom is 0.185 e. The second-order valence-electron chi connectivity index (χ2n) is 1.35. The van der Waals surface area contributed by atoms with Crippen LogP contribution in [0.3, 0.4) is 0 Å². The molecule has 1 aliphatic rings. The van der Waals surface area contributed by atoms with Crippen LogP contribution in [0, 0.1) is 6.42 Å². The van der Waals surface area contributed by atoms with E-state index < -0.39 is 11.9 Å². The van der Waals surface area contributed by atoms with E-state index in [2.05, 4.69) is 4.74 Å². The number of carbonyl (C=O) groups is 2. The van der Waals surface area contributed by atoms with Gasteiger partial charge in [0.1, 0.15) is 0 Å². The maximum absolute atomic E-state index is 9.61. The molecule has 7 heteroatoms. The van der Waals surface area contributed by atoms with E-state index in [-0.39, 0.29) is 71.8 Å². The summed E-state index contributed by atoms with van der Waals surface area (Å²) in [4.78, 5) is 37.3. The molecule has 0 saturated carbocycles. The van der Waals surface area contributed by atoms with E-state index in [1.165, 1.54) is 12.6 Å². The Labute approximate surface area is 125 Å². The molecule has 0 aromatic heterocycles. The van der Waals surface area contributed by atoms with Gasteiger partial charge >= 0.3 is 0 Å². The van der Waals surface area contributed by atoms with E-state index in [1.54, 1.807) is 0 Å². The third-order valence-corrected chi connectivity index (χ3v) is 0.581. The van der Waals surface area contributed by atoms with Crippen LogP contribution in [0.5, 0.6) is 0 Å². The molecule has 0 bridgehead atoms. The second kappa shape index (κ2) is 12.6. The van der Waals surface area contributed by atoms with Gasteiger partial charge in [-0.1, -0.05) is 0 Å². The van der Waals surface area contributed by atoms with E-state index in [9.17, 15) is 9.59 Å². The average molecular weight is 333 g/mol. The average Bonchev–Trinajstić information content (AvgIpc) is 1.88. The van der Waals surface area contributed by atoms with Crippen molar-refractivity contribution in [1.29, 1.82) is 0 Å². The first-order chi connectivity index (χ1) is 5.20. The predicted molar refractivity (Wildman–Crippen MR) is 31.4 cm³/mol. The van der Waals surface area contributed by atoms with Gasteiger partial charge in [-0.05, 0) is 0 Å². The molecule has 13 heavy (non-hydrogen) atoms. The van der Waals surface area contributed by atoms with Gasteiger partial charge in [0.05, 0.1) is 0 Å². The van der Waals surface area contributed by atoms with Crippen LogP contribution in [-0.2, 0) is 89.3 Å². The molecular weight excluding hydrogens is 330 g/mol. The number of ether oxygens (including phenoxy) is 1. The van der Waals surface area contributed by atoms with Crippen molar-refractivity contribution in [2.45, 2.75) is 6.42 Å². The van der Waals surface area contributed by atoms with E-state index >= 15 is 0 Å². The monoisotopic (exact) mass is 333 g/mol. The standard InChI is InChI=1S/C3HO3.C3H2O2.2Y/c4-2-1-3(5)6-2;4-2-1-3-5;;/h1H;1H2;;/q-1;-2;;. The van der Waals surface area contributed by atoms with Gasteiger partial charge in [0.2, 0.25) is 0 Å². The molecule has 1 rings (SSSR count). The molecule has 1 fully saturated rings. The molecular formula is C6H3O5Y2-3. The Morgan fingerprint density at radius 1 is 1.08 bits per heavy atom. The normalized spacial score (nSPS) is 10.8. The Balaban J connectivity index is -0.000000136. The van der Waals surface area contributed by atoms with Gasteiger partial charge in [-0.25, -0.2) is 0 Å². The molecule has 2 radical (unpaired) electrons. The van der Waals surface area contributed by atoms with Gasteiger partial charge in [0.15, 0.2) is 11.9 Å². The first-order valence-corrected chi connectivity index (χ1v) is 2.51. The van der Waals surface area contributed by atoms with E-state index in [4.69, 9.17) is 9.59 Å². The third kappa shape index (κ3) is 12.6. The van der Waals surface area contributed by atoms with Gasteiger partial charge in [-0.3, -0.25) is 28.6 Å². The summed E-state index contributed by atoms with van der Waals surface area (Å²) in [6, 6.07) is 0. The fraction of sp³-hybridized carbons (Fsp3) is 0.167. The van der Waals surface area contributed by atoms with Crippen molar-refractivity contribution in [3.8, 4) is 0 Å².